The molecule has 0 saturated heterocycles. The molecule has 0 nitrogen and oxygen atoms in total. The van der Waals surface area contributed by atoms with Crippen LogP contribution >= 0.6 is 0 Å². The van der Waals surface area contributed by atoms with Crippen molar-refractivity contribution in [1.82, 2.24) is 0 Å². The molecule has 2 unspecified atom stereocenters. The molecule has 2 aliphatic rings. The normalized spacial score (nSPS) is 23.7. The van der Waals surface area contributed by atoms with E-state index in [1.165, 1.54) is 22.3 Å². The van der Waals surface area contributed by atoms with E-state index in [-0.39, 0.29) is 0 Å². The third-order valence-corrected chi connectivity index (χ3v) is 43.0. The second-order valence-corrected chi connectivity index (χ2v) is 102. The van der Waals surface area contributed by atoms with Crippen LogP contribution in [0.25, 0.3) is 12.2 Å². The molecular formula is C30H44HfSi. The van der Waals surface area contributed by atoms with Crippen LogP contribution in [-0.4, -0.2) is 6.94 Å². The van der Waals surface area contributed by atoms with E-state index in [2.05, 4.69) is 116 Å². The maximum absolute atomic E-state index is 4.64. The van der Waals surface area contributed by atoms with E-state index in [9.17, 15) is 0 Å². The quantitative estimate of drug-likeness (QED) is 0.303. The topological polar surface area (TPSA) is 0 Å². The first-order valence-corrected chi connectivity index (χ1v) is 39.5. The van der Waals surface area contributed by atoms with Gasteiger partial charge in [-0.3, -0.25) is 0 Å². The fourth-order valence-corrected chi connectivity index (χ4v) is 50.0. The molecule has 4 rings (SSSR count). The summed E-state index contributed by atoms with van der Waals surface area (Å²) >= 11 is -4.64. The van der Waals surface area contributed by atoms with Crippen molar-refractivity contribution in [2.45, 2.75) is 79.4 Å². The van der Waals surface area contributed by atoms with E-state index >= 15 is 0 Å². The summed E-state index contributed by atoms with van der Waals surface area (Å²) in [5, 5.41) is 0. The van der Waals surface area contributed by atoms with Crippen LogP contribution in [0.15, 0.2) is 47.5 Å². The average molecular weight is 611 g/mol. The van der Waals surface area contributed by atoms with Gasteiger partial charge in [-0.2, -0.15) is 0 Å². The van der Waals surface area contributed by atoms with Crippen LogP contribution in [0.1, 0.15) is 94.1 Å². The van der Waals surface area contributed by atoms with Gasteiger partial charge in [0.15, 0.2) is 0 Å². The van der Waals surface area contributed by atoms with Gasteiger partial charge in [0.2, 0.25) is 0 Å². The molecule has 32 heavy (non-hydrogen) atoms. The Labute approximate surface area is 192 Å². The van der Waals surface area contributed by atoms with E-state index in [1.54, 1.807) is 22.3 Å². The number of hydrogen-bond acceptors (Lipinski definition) is 0. The molecule has 2 aromatic rings. The monoisotopic (exact) mass is 612 g/mol. The number of benzene rings is 2. The summed E-state index contributed by atoms with van der Waals surface area (Å²) < 4.78 is 12.1. The van der Waals surface area contributed by atoms with Gasteiger partial charge in [0.1, 0.15) is 0 Å². The fraction of sp³-hybridized carbons (Fsp3) is 0.467. The van der Waals surface area contributed by atoms with Gasteiger partial charge in [-0.25, -0.2) is 0 Å². The van der Waals surface area contributed by atoms with Gasteiger partial charge in [-0.1, -0.05) is 0 Å². The van der Waals surface area contributed by atoms with Crippen molar-refractivity contribution >= 4 is 19.1 Å². The molecule has 0 amide bonds. The number of rotatable bonds is 4. The van der Waals surface area contributed by atoms with Crippen molar-refractivity contribution in [1.29, 1.82) is 0 Å². The molecule has 0 aromatic heterocycles. The van der Waals surface area contributed by atoms with Crippen molar-refractivity contribution in [3.63, 3.8) is 0 Å². The zero-order valence-corrected chi connectivity index (χ0v) is 27.1. The number of fused-ring (bicyclic) bond motifs is 2. The molecular weight excluding hydrogens is 567 g/mol. The van der Waals surface area contributed by atoms with Crippen LogP contribution in [0.2, 0.25) is 18.7 Å². The third-order valence-electron chi connectivity index (χ3n) is 8.92. The van der Waals surface area contributed by atoms with Gasteiger partial charge >= 0.3 is 194 Å². The van der Waals surface area contributed by atoms with Crippen molar-refractivity contribution in [3.05, 3.63) is 80.9 Å². The fourth-order valence-electron chi connectivity index (χ4n) is 8.38. The maximum atomic E-state index is 2.76. The van der Waals surface area contributed by atoms with Gasteiger partial charge in [-0.05, 0) is 0 Å². The third kappa shape index (κ3) is 3.30. The van der Waals surface area contributed by atoms with Crippen molar-refractivity contribution in [2.24, 2.45) is 0 Å². The zero-order chi connectivity index (χ0) is 24.0. The Bertz CT molecular complexity index is 1230. The SMILES string of the molecule is CC1=Cc2c(C(C)C)cccc2[CH]1[Hf]([CH3])([CH3])([CH3])([CH3])(=[SiH2])[CH]1C(C)=Cc2c(C(C)C)cccc21. The van der Waals surface area contributed by atoms with E-state index < -0.39 is 14.2 Å². The van der Waals surface area contributed by atoms with Crippen LogP contribution in [-0.2, 0) is 14.2 Å². The first-order chi connectivity index (χ1) is 14.4. The predicted molar refractivity (Wildman–Crippen MR) is 146 cm³/mol. The summed E-state index contributed by atoms with van der Waals surface area (Å²) in [4.78, 5) is 0. The van der Waals surface area contributed by atoms with E-state index in [4.69, 9.17) is 0 Å². The molecule has 2 aliphatic carbocycles. The van der Waals surface area contributed by atoms with Crippen LogP contribution in [0.5, 0.6) is 0 Å². The van der Waals surface area contributed by atoms with Crippen LogP contribution in [0, 0.1) is 0 Å². The molecule has 0 aliphatic heterocycles. The molecule has 0 bridgehead atoms. The molecule has 0 heterocycles. The zero-order valence-electron chi connectivity index (χ0n) is 22.1. The van der Waals surface area contributed by atoms with Crippen LogP contribution in [0.4, 0.5) is 0 Å². The van der Waals surface area contributed by atoms with Gasteiger partial charge in [-0.15, -0.1) is 0 Å². The minimum atomic E-state index is -4.64. The Hall–Kier alpha value is -0.993. The van der Waals surface area contributed by atoms with E-state index in [0.29, 0.717) is 19.2 Å². The Kier molecular flexibility index (Phi) is 4.65. The summed E-state index contributed by atoms with van der Waals surface area (Å²) in [5.41, 5.74) is 12.4. The van der Waals surface area contributed by atoms with E-state index in [0.717, 1.165) is 0 Å². The van der Waals surface area contributed by atoms with Crippen molar-refractivity contribution in [2.75, 3.05) is 0 Å². The van der Waals surface area contributed by atoms with E-state index in [1.807, 2.05) is 0 Å². The molecule has 2 atom stereocenters. The summed E-state index contributed by atoms with van der Waals surface area (Å²) in [6.45, 7) is 16.6. The molecule has 0 radical (unpaired) electrons. The minimum absolute atomic E-state index is 0.508. The standard InChI is InChI=1S/2C13H15.4CH3.Hf.H2Si/c2*1-9(2)12-6-4-5-11-7-10(3)8-13(11)12;;;;;;/h2*4-9H,1-3H3;4*1H3;;1H2. The molecule has 0 fully saturated rings. The van der Waals surface area contributed by atoms with Gasteiger partial charge < -0.3 is 0 Å². The van der Waals surface area contributed by atoms with Crippen LogP contribution in [0.3, 0.4) is 0 Å². The van der Waals surface area contributed by atoms with Crippen molar-refractivity contribution < 1.29 is 14.2 Å². The summed E-state index contributed by atoms with van der Waals surface area (Å²) in [7, 11) is 0. The van der Waals surface area contributed by atoms with Crippen LogP contribution < -0.4 is 0 Å². The number of allylic oxidation sites excluding steroid dienone is 2. The van der Waals surface area contributed by atoms with Gasteiger partial charge in [0.25, 0.3) is 0 Å². The Morgan fingerprint density at radius 1 is 0.656 bits per heavy atom. The summed E-state index contributed by atoms with van der Waals surface area (Å²) in [5.74, 6) is 1.09. The predicted octanol–water partition coefficient (Wildman–Crippen LogP) is 9.05. The first kappa shape index (κ1) is 24.1. The summed E-state index contributed by atoms with van der Waals surface area (Å²) in [6.07, 6.45) is 5.08. The molecule has 0 saturated carbocycles. The number of hydrogen-bond donors (Lipinski definition) is 0. The Morgan fingerprint density at radius 3 is 1.31 bits per heavy atom. The Morgan fingerprint density at radius 2 is 1.00 bits per heavy atom. The Balaban J connectivity index is 2.06. The molecule has 172 valence electrons. The van der Waals surface area contributed by atoms with Gasteiger partial charge in [0, 0.05) is 0 Å². The van der Waals surface area contributed by atoms with Gasteiger partial charge in [0.05, 0.1) is 0 Å². The molecule has 0 spiro atoms. The average Bonchev–Trinajstić information content (AvgIpc) is 3.16. The second-order valence-electron chi connectivity index (χ2n) is 16.0. The summed E-state index contributed by atoms with van der Waals surface area (Å²) in [6, 6.07) is 14.2. The second kappa shape index (κ2) is 6.16. The van der Waals surface area contributed by atoms with Crippen molar-refractivity contribution in [3.8, 4) is 0 Å². The molecule has 2 aromatic carbocycles. The molecule has 2 heteroatoms. The first-order valence-electron chi connectivity index (χ1n) is 12.6. The molecule has 0 N–H and O–H groups in total.